The van der Waals surface area contributed by atoms with Crippen LogP contribution in [0.3, 0.4) is 0 Å². The number of hydrogen-bond donors (Lipinski definition) is 2. The molecule has 0 radical (unpaired) electrons. The fourth-order valence-electron chi connectivity index (χ4n) is 3.17. The molecule has 3 amide bonds. The van der Waals surface area contributed by atoms with Gasteiger partial charge in [0.05, 0.1) is 16.6 Å². The average Bonchev–Trinajstić information content (AvgIpc) is 3.05. The van der Waals surface area contributed by atoms with E-state index in [1.165, 1.54) is 12.5 Å². The summed E-state index contributed by atoms with van der Waals surface area (Å²) in [6.45, 7) is 3.81. The molecule has 1 aliphatic rings. The Balaban J connectivity index is 1.66. The van der Waals surface area contributed by atoms with Crippen molar-refractivity contribution in [1.29, 1.82) is 0 Å². The Morgan fingerprint density at radius 2 is 1.86 bits per heavy atom. The van der Waals surface area contributed by atoms with Crippen molar-refractivity contribution in [2.24, 2.45) is 5.92 Å². The lowest BCUT2D eigenvalue weighted by Gasteiger charge is -2.17. The Hall–Kier alpha value is -2.86. The summed E-state index contributed by atoms with van der Waals surface area (Å²) in [6.07, 6.45) is 1.10. The highest BCUT2D eigenvalue weighted by Gasteiger charge is 2.35. The third kappa shape index (κ3) is 4.51. The highest BCUT2D eigenvalue weighted by atomic mass is 35.5. The van der Waals surface area contributed by atoms with Crippen molar-refractivity contribution in [3.63, 3.8) is 0 Å². The molecule has 2 aromatic carbocycles. The van der Waals surface area contributed by atoms with Crippen LogP contribution < -0.4 is 15.5 Å². The number of nitrogens with one attached hydrogen (secondary N) is 2. The molecule has 28 heavy (non-hydrogen) atoms. The first kappa shape index (κ1) is 19.9. The molecule has 0 aromatic heterocycles. The number of halogens is 1. The third-order valence-electron chi connectivity index (χ3n) is 4.70. The second-order valence-corrected chi connectivity index (χ2v) is 7.20. The van der Waals surface area contributed by atoms with Crippen molar-refractivity contribution in [3.8, 4) is 0 Å². The Kier molecular flexibility index (Phi) is 5.99. The number of hydrogen-bond acceptors (Lipinski definition) is 3. The first-order chi connectivity index (χ1) is 13.4. The molecule has 7 heteroatoms. The van der Waals surface area contributed by atoms with Gasteiger partial charge in [-0.15, -0.1) is 0 Å². The minimum Gasteiger partial charge on any atom is -0.326 e. The van der Waals surface area contributed by atoms with Crippen molar-refractivity contribution in [3.05, 3.63) is 53.1 Å². The topological polar surface area (TPSA) is 78.5 Å². The van der Waals surface area contributed by atoms with Crippen molar-refractivity contribution >= 4 is 46.4 Å². The fraction of sp³-hybridized carbons (Fsp3) is 0.286. The Morgan fingerprint density at radius 1 is 1.14 bits per heavy atom. The standard InChI is InChI=1S/C21H22ClN3O3/c1-3-14-4-7-17(8-5-14)25-12-15(10-20(25)27)21(28)24-16-6-9-19(18(22)11-16)23-13(2)26/h4-9,11,15H,3,10,12H2,1-2H3,(H,23,26)(H,24,28). The van der Waals surface area contributed by atoms with E-state index in [0.29, 0.717) is 22.9 Å². The van der Waals surface area contributed by atoms with Gasteiger partial charge in [0.25, 0.3) is 0 Å². The molecule has 6 nitrogen and oxygen atoms in total. The summed E-state index contributed by atoms with van der Waals surface area (Å²) in [5.41, 5.74) is 3.00. The van der Waals surface area contributed by atoms with Gasteiger partial charge in [0.2, 0.25) is 17.7 Å². The molecule has 0 bridgehead atoms. The van der Waals surface area contributed by atoms with E-state index in [4.69, 9.17) is 11.6 Å². The largest absolute Gasteiger partial charge is 0.326 e. The maximum absolute atomic E-state index is 12.6. The molecule has 2 aromatic rings. The van der Waals surface area contributed by atoms with Gasteiger partial charge >= 0.3 is 0 Å². The number of carbonyl (C=O) groups excluding carboxylic acids is 3. The lowest BCUT2D eigenvalue weighted by atomic mass is 10.1. The van der Waals surface area contributed by atoms with Crippen LogP contribution in [0.25, 0.3) is 0 Å². The number of carbonyl (C=O) groups is 3. The van der Waals surface area contributed by atoms with Crippen LogP contribution in [0, 0.1) is 5.92 Å². The van der Waals surface area contributed by atoms with Crippen molar-refractivity contribution in [2.45, 2.75) is 26.7 Å². The minimum absolute atomic E-state index is 0.0663. The predicted octanol–water partition coefficient (Wildman–Crippen LogP) is 3.85. The smallest absolute Gasteiger partial charge is 0.229 e. The summed E-state index contributed by atoms with van der Waals surface area (Å²) >= 11 is 6.14. The number of nitrogens with zero attached hydrogens (tertiary/aromatic N) is 1. The Morgan fingerprint density at radius 3 is 2.46 bits per heavy atom. The highest BCUT2D eigenvalue weighted by molar-refractivity contribution is 6.34. The van der Waals surface area contributed by atoms with Crippen LogP contribution in [0.5, 0.6) is 0 Å². The van der Waals surface area contributed by atoms with E-state index in [-0.39, 0.29) is 24.1 Å². The molecule has 0 saturated carbocycles. The van der Waals surface area contributed by atoms with Crippen molar-refractivity contribution in [2.75, 3.05) is 22.1 Å². The summed E-state index contributed by atoms with van der Waals surface area (Å²) < 4.78 is 0. The molecule has 3 rings (SSSR count). The number of amides is 3. The maximum atomic E-state index is 12.6. The highest BCUT2D eigenvalue weighted by Crippen LogP contribution is 2.28. The predicted molar refractivity (Wildman–Crippen MR) is 111 cm³/mol. The second-order valence-electron chi connectivity index (χ2n) is 6.79. The van der Waals surface area contributed by atoms with Gasteiger partial charge in [0.1, 0.15) is 0 Å². The van der Waals surface area contributed by atoms with E-state index in [1.807, 2.05) is 24.3 Å². The molecule has 1 aliphatic heterocycles. The number of anilines is 3. The lowest BCUT2D eigenvalue weighted by Crippen LogP contribution is -2.28. The van der Waals surface area contributed by atoms with Gasteiger partial charge in [-0.2, -0.15) is 0 Å². The van der Waals surface area contributed by atoms with Crippen LogP contribution in [-0.2, 0) is 20.8 Å². The van der Waals surface area contributed by atoms with Crippen LogP contribution in [0.15, 0.2) is 42.5 Å². The van der Waals surface area contributed by atoms with E-state index < -0.39 is 5.92 Å². The van der Waals surface area contributed by atoms with Crippen LogP contribution >= 0.6 is 11.6 Å². The number of aryl methyl sites for hydroxylation is 1. The minimum atomic E-state index is -0.438. The molecule has 1 heterocycles. The van der Waals surface area contributed by atoms with E-state index >= 15 is 0 Å². The summed E-state index contributed by atoms with van der Waals surface area (Å²) in [6, 6.07) is 12.7. The summed E-state index contributed by atoms with van der Waals surface area (Å²) in [5.74, 6) is -0.963. The summed E-state index contributed by atoms with van der Waals surface area (Å²) in [4.78, 5) is 37.8. The van der Waals surface area contributed by atoms with Gasteiger partial charge in [-0.05, 0) is 42.3 Å². The van der Waals surface area contributed by atoms with Crippen molar-refractivity contribution < 1.29 is 14.4 Å². The number of rotatable bonds is 5. The molecular weight excluding hydrogens is 378 g/mol. The molecule has 1 unspecified atom stereocenters. The Labute approximate surface area is 168 Å². The molecule has 146 valence electrons. The van der Waals surface area contributed by atoms with Gasteiger partial charge in [0, 0.05) is 31.3 Å². The van der Waals surface area contributed by atoms with Crippen LogP contribution in [0.2, 0.25) is 5.02 Å². The summed E-state index contributed by atoms with van der Waals surface area (Å²) in [7, 11) is 0. The quantitative estimate of drug-likeness (QED) is 0.801. The van der Waals surface area contributed by atoms with Gasteiger partial charge in [0.15, 0.2) is 0 Å². The second kappa shape index (κ2) is 8.44. The first-order valence-corrected chi connectivity index (χ1v) is 9.52. The zero-order valence-corrected chi connectivity index (χ0v) is 16.5. The van der Waals surface area contributed by atoms with Gasteiger partial charge in [-0.1, -0.05) is 30.7 Å². The molecule has 2 N–H and O–H groups in total. The van der Waals surface area contributed by atoms with E-state index in [0.717, 1.165) is 12.1 Å². The van der Waals surface area contributed by atoms with Gasteiger partial charge in [-0.3, -0.25) is 14.4 Å². The zero-order valence-electron chi connectivity index (χ0n) is 15.8. The third-order valence-corrected chi connectivity index (χ3v) is 5.01. The number of benzene rings is 2. The Bertz CT molecular complexity index is 912. The molecule has 1 atom stereocenters. The van der Waals surface area contributed by atoms with E-state index in [9.17, 15) is 14.4 Å². The lowest BCUT2D eigenvalue weighted by molar-refractivity contribution is -0.122. The monoisotopic (exact) mass is 399 g/mol. The maximum Gasteiger partial charge on any atom is 0.229 e. The molecule has 0 aliphatic carbocycles. The van der Waals surface area contributed by atoms with Crippen LogP contribution in [0.1, 0.15) is 25.8 Å². The molecular formula is C21H22ClN3O3. The SMILES string of the molecule is CCc1ccc(N2CC(C(=O)Nc3ccc(NC(C)=O)c(Cl)c3)CC2=O)cc1. The molecule has 1 saturated heterocycles. The average molecular weight is 400 g/mol. The summed E-state index contributed by atoms with van der Waals surface area (Å²) in [5, 5.41) is 5.74. The van der Waals surface area contributed by atoms with Gasteiger partial charge in [-0.25, -0.2) is 0 Å². The molecule has 0 spiro atoms. The van der Waals surface area contributed by atoms with E-state index in [2.05, 4.69) is 17.6 Å². The van der Waals surface area contributed by atoms with Crippen LogP contribution in [-0.4, -0.2) is 24.3 Å². The molecule has 1 fully saturated rings. The van der Waals surface area contributed by atoms with E-state index in [1.54, 1.807) is 23.1 Å². The first-order valence-electron chi connectivity index (χ1n) is 9.14. The van der Waals surface area contributed by atoms with Crippen LogP contribution in [0.4, 0.5) is 17.1 Å². The normalized spacial score (nSPS) is 16.2. The fourth-order valence-corrected chi connectivity index (χ4v) is 3.40. The van der Waals surface area contributed by atoms with Gasteiger partial charge < -0.3 is 15.5 Å². The zero-order chi connectivity index (χ0) is 20.3. The van der Waals surface area contributed by atoms with Crippen molar-refractivity contribution in [1.82, 2.24) is 0 Å².